The van der Waals surface area contributed by atoms with Gasteiger partial charge in [0.2, 0.25) is 15.9 Å². The van der Waals surface area contributed by atoms with Crippen LogP contribution in [0.2, 0.25) is 0 Å². The molecule has 2 amide bonds. The summed E-state index contributed by atoms with van der Waals surface area (Å²) in [6.45, 7) is 3.98. The first-order valence-corrected chi connectivity index (χ1v) is 14.9. The summed E-state index contributed by atoms with van der Waals surface area (Å²) in [4.78, 5) is 26.2. The number of thioether (sulfide) groups is 1. The molecule has 0 aliphatic carbocycles. The number of hydrogen-bond donors (Lipinski definition) is 4. The molecule has 1 aliphatic heterocycles. The monoisotopic (exact) mass is 593 g/mol. The zero-order chi connectivity index (χ0) is 29.6. The first-order valence-electron chi connectivity index (χ1n) is 12.4. The highest BCUT2D eigenvalue weighted by molar-refractivity contribution is 8.03. The van der Waals surface area contributed by atoms with Crippen LogP contribution >= 0.6 is 11.8 Å². The van der Waals surface area contributed by atoms with Gasteiger partial charge in [-0.05, 0) is 62.4 Å². The smallest absolute Gasteiger partial charge is 0.254 e. The van der Waals surface area contributed by atoms with Crippen LogP contribution in [0.5, 0.6) is 5.75 Å². The number of carbonyl (C=O) groups is 2. The average molecular weight is 594 g/mol. The quantitative estimate of drug-likeness (QED) is 0.270. The molecule has 5 N–H and O–H groups in total. The minimum absolute atomic E-state index is 0.0238. The second kappa shape index (κ2) is 12.8. The Balaban J connectivity index is 1.56. The molecule has 212 valence electrons. The lowest BCUT2D eigenvalue weighted by Crippen LogP contribution is -2.31. The van der Waals surface area contributed by atoms with Gasteiger partial charge in [-0.15, -0.1) is 0 Å². The van der Waals surface area contributed by atoms with Crippen LogP contribution in [0.3, 0.4) is 0 Å². The van der Waals surface area contributed by atoms with Crippen molar-refractivity contribution in [3.63, 3.8) is 0 Å². The molecule has 0 fully saturated rings. The Morgan fingerprint density at radius 2 is 1.85 bits per heavy atom. The number of benzene rings is 2. The van der Waals surface area contributed by atoms with Crippen molar-refractivity contribution < 1.29 is 27.2 Å². The van der Waals surface area contributed by atoms with Gasteiger partial charge in [0.25, 0.3) is 5.91 Å². The number of nitrogens with zero attached hydrogens (tertiary/aromatic N) is 1. The van der Waals surface area contributed by atoms with Crippen LogP contribution in [0, 0.1) is 11.3 Å². The molecule has 11 nitrogen and oxygen atoms in total. The number of para-hydroxylation sites is 2. The number of nitrogens with one attached hydrogen (secondary N) is 3. The van der Waals surface area contributed by atoms with E-state index in [1.54, 1.807) is 37.3 Å². The third-order valence-electron chi connectivity index (χ3n) is 5.97. The van der Waals surface area contributed by atoms with Gasteiger partial charge in [-0.25, -0.2) is 13.6 Å². The number of rotatable bonds is 10. The van der Waals surface area contributed by atoms with Gasteiger partial charge < -0.3 is 25.1 Å². The number of dihydropyridines is 1. The highest BCUT2D eigenvalue weighted by Crippen LogP contribution is 2.41. The number of furan rings is 1. The third kappa shape index (κ3) is 6.98. The fraction of sp³-hybridized carbons (Fsp3) is 0.179. The number of sulfonamides is 1. The molecule has 41 heavy (non-hydrogen) atoms. The van der Waals surface area contributed by atoms with Crippen molar-refractivity contribution in [3.8, 4) is 11.8 Å². The van der Waals surface area contributed by atoms with Gasteiger partial charge in [-0.2, -0.15) is 5.26 Å². The van der Waals surface area contributed by atoms with Crippen LogP contribution in [0.25, 0.3) is 0 Å². The summed E-state index contributed by atoms with van der Waals surface area (Å²) >= 11 is 1.12. The SMILES string of the molecule is CCOc1ccccc1NC(=O)CSC1=C(C#N)[C@H](c2ccco2)C(C(=O)Nc2ccc(S(N)(=O)=O)cc2)=C(C)N1. The maximum atomic E-state index is 13.5. The summed E-state index contributed by atoms with van der Waals surface area (Å²) in [6, 6.07) is 18.0. The van der Waals surface area contributed by atoms with Crippen LogP contribution in [-0.2, 0) is 19.6 Å². The predicted molar refractivity (Wildman–Crippen MR) is 155 cm³/mol. The number of nitrogens with two attached hydrogens (primary N) is 1. The summed E-state index contributed by atoms with van der Waals surface area (Å²) in [6.07, 6.45) is 1.44. The molecule has 13 heteroatoms. The van der Waals surface area contributed by atoms with E-state index in [0.717, 1.165) is 11.8 Å². The van der Waals surface area contributed by atoms with E-state index in [9.17, 15) is 23.3 Å². The van der Waals surface area contributed by atoms with E-state index < -0.39 is 21.8 Å². The van der Waals surface area contributed by atoms with E-state index in [2.05, 4.69) is 22.0 Å². The fourth-order valence-corrected chi connectivity index (χ4v) is 5.58. The lowest BCUT2D eigenvalue weighted by molar-refractivity contribution is -0.114. The molecule has 2 heterocycles. The third-order valence-corrected chi connectivity index (χ3v) is 7.92. The molecule has 4 rings (SSSR count). The summed E-state index contributed by atoms with van der Waals surface area (Å²) in [7, 11) is -3.89. The Bertz CT molecular complexity index is 1660. The van der Waals surface area contributed by atoms with Crippen molar-refractivity contribution >= 4 is 45.0 Å². The van der Waals surface area contributed by atoms with Crippen molar-refractivity contribution in [3.05, 3.63) is 94.6 Å². The summed E-state index contributed by atoms with van der Waals surface area (Å²) in [5.74, 6) is -0.801. The minimum atomic E-state index is -3.89. The van der Waals surface area contributed by atoms with Crippen molar-refractivity contribution in [1.29, 1.82) is 5.26 Å². The van der Waals surface area contributed by atoms with Crippen LogP contribution < -0.4 is 25.8 Å². The molecule has 1 atom stereocenters. The van der Waals surface area contributed by atoms with E-state index in [1.807, 2.05) is 13.0 Å². The van der Waals surface area contributed by atoms with Crippen molar-refractivity contribution in [2.24, 2.45) is 5.14 Å². The Labute approximate surface area is 241 Å². The van der Waals surface area contributed by atoms with Gasteiger partial charge in [0.1, 0.15) is 11.5 Å². The maximum Gasteiger partial charge on any atom is 0.254 e. The largest absolute Gasteiger partial charge is 0.492 e. The normalized spacial score (nSPS) is 15.1. The Hall–Kier alpha value is -4.51. The second-order valence-corrected chi connectivity index (χ2v) is 11.3. The zero-order valence-corrected chi connectivity index (χ0v) is 23.8. The van der Waals surface area contributed by atoms with Crippen LogP contribution in [0.4, 0.5) is 11.4 Å². The summed E-state index contributed by atoms with van der Waals surface area (Å²) in [5.41, 5.74) is 1.74. The number of allylic oxidation sites excluding steroid dienone is 2. The van der Waals surface area contributed by atoms with Gasteiger partial charge in [-0.3, -0.25) is 9.59 Å². The zero-order valence-electron chi connectivity index (χ0n) is 22.1. The highest BCUT2D eigenvalue weighted by Gasteiger charge is 2.36. The number of primary sulfonamides is 1. The fourth-order valence-electron chi connectivity index (χ4n) is 4.17. The van der Waals surface area contributed by atoms with Gasteiger partial charge in [-0.1, -0.05) is 23.9 Å². The van der Waals surface area contributed by atoms with E-state index >= 15 is 0 Å². The molecule has 2 aromatic carbocycles. The molecule has 0 bridgehead atoms. The van der Waals surface area contributed by atoms with Gasteiger partial charge >= 0.3 is 0 Å². The van der Waals surface area contributed by atoms with Crippen LogP contribution in [0.1, 0.15) is 25.5 Å². The Kier molecular flexibility index (Phi) is 9.18. The number of ether oxygens (including phenoxy) is 1. The molecular weight excluding hydrogens is 566 g/mol. The molecule has 1 aromatic heterocycles. The Morgan fingerprint density at radius 1 is 1.12 bits per heavy atom. The maximum absolute atomic E-state index is 13.5. The molecule has 0 saturated carbocycles. The van der Waals surface area contributed by atoms with Crippen molar-refractivity contribution in [2.75, 3.05) is 23.0 Å². The van der Waals surface area contributed by atoms with Crippen molar-refractivity contribution in [1.82, 2.24) is 5.32 Å². The van der Waals surface area contributed by atoms with Crippen LogP contribution in [-0.4, -0.2) is 32.6 Å². The lowest BCUT2D eigenvalue weighted by Gasteiger charge is -2.28. The molecule has 0 unspecified atom stereocenters. The minimum Gasteiger partial charge on any atom is -0.492 e. The first kappa shape index (κ1) is 29.5. The molecule has 1 aliphatic rings. The predicted octanol–water partition coefficient (Wildman–Crippen LogP) is 4.03. The molecular formula is C28H27N5O6S2. The van der Waals surface area contributed by atoms with E-state index in [0.29, 0.717) is 40.2 Å². The number of amides is 2. The average Bonchev–Trinajstić information content (AvgIpc) is 3.47. The second-order valence-electron chi connectivity index (χ2n) is 8.76. The number of hydrogen-bond acceptors (Lipinski definition) is 9. The van der Waals surface area contributed by atoms with Gasteiger partial charge in [0.15, 0.2) is 0 Å². The Morgan fingerprint density at radius 3 is 2.49 bits per heavy atom. The van der Waals surface area contributed by atoms with E-state index in [4.69, 9.17) is 14.3 Å². The van der Waals surface area contributed by atoms with Gasteiger partial charge in [0, 0.05) is 11.4 Å². The van der Waals surface area contributed by atoms with Crippen molar-refractivity contribution in [2.45, 2.75) is 24.7 Å². The number of anilines is 2. The summed E-state index contributed by atoms with van der Waals surface area (Å²) < 4.78 is 34.3. The summed E-state index contributed by atoms with van der Waals surface area (Å²) in [5, 5.41) is 24.4. The molecule has 0 radical (unpaired) electrons. The molecule has 3 aromatic rings. The lowest BCUT2D eigenvalue weighted by atomic mass is 9.85. The topological polar surface area (TPSA) is 177 Å². The first-order chi connectivity index (χ1) is 19.6. The molecule has 0 spiro atoms. The highest BCUT2D eigenvalue weighted by atomic mass is 32.2. The number of nitriles is 1. The number of carbonyl (C=O) groups excluding carboxylic acids is 2. The van der Waals surface area contributed by atoms with Crippen LogP contribution in [0.15, 0.2) is 98.1 Å². The standard InChI is InChI=1S/C28H27N5O6S2/c1-3-38-22-8-5-4-7-21(22)33-24(34)16-40-28-20(15-29)26(23-9-6-14-39-23)25(17(2)31-28)27(35)32-18-10-12-19(13-11-18)41(30,36)37/h4-14,26,31H,3,16H2,1-2H3,(H,32,35)(H,33,34)(H2,30,36,37)/t26-/m1/s1. The van der Waals surface area contributed by atoms with Gasteiger partial charge in [0.05, 0.1) is 57.4 Å². The van der Waals surface area contributed by atoms with E-state index in [1.165, 1.54) is 30.5 Å². The van der Waals surface area contributed by atoms with E-state index in [-0.39, 0.29) is 27.7 Å². The molecule has 0 saturated heterocycles.